The topological polar surface area (TPSA) is 40.5 Å². The maximum Gasteiger partial charge on any atom is 0.222 e. The minimum atomic E-state index is -0.216. The average molecular weight is 239 g/mol. The lowest BCUT2D eigenvalue weighted by atomic mass is 9.68. The molecule has 1 aliphatic carbocycles. The molecule has 0 aromatic rings. The van der Waals surface area contributed by atoms with Crippen molar-refractivity contribution in [2.24, 2.45) is 11.3 Å². The van der Waals surface area contributed by atoms with Gasteiger partial charge in [-0.1, -0.05) is 20.8 Å². The van der Waals surface area contributed by atoms with Crippen LogP contribution in [0.25, 0.3) is 0 Å². The molecule has 3 atom stereocenters. The van der Waals surface area contributed by atoms with E-state index in [-0.39, 0.29) is 17.6 Å². The molecule has 0 bridgehead atoms. The SMILES string of the molecule is CC(C)(C)C1CCC(O)CC1N1CCCC1=O. The van der Waals surface area contributed by atoms with E-state index >= 15 is 0 Å². The van der Waals surface area contributed by atoms with Gasteiger partial charge in [0.05, 0.1) is 6.10 Å². The summed E-state index contributed by atoms with van der Waals surface area (Å²) in [4.78, 5) is 13.9. The minimum Gasteiger partial charge on any atom is -0.393 e. The lowest BCUT2D eigenvalue weighted by molar-refractivity contribution is -0.133. The summed E-state index contributed by atoms with van der Waals surface area (Å²) in [7, 11) is 0. The van der Waals surface area contributed by atoms with Gasteiger partial charge in [-0.15, -0.1) is 0 Å². The highest BCUT2D eigenvalue weighted by Crippen LogP contribution is 2.41. The molecule has 2 rings (SSSR count). The molecule has 1 heterocycles. The van der Waals surface area contributed by atoms with E-state index in [2.05, 4.69) is 20.8 Å². The number of carbonyl (C=O) groups excluding carboxylic acids is 1. The lowest BCUT2D eigenvalue weighted by Crippen LogP contribution is -2.50. The van der Waals surface area contributed by atoms with Crippen LogP contribution in [0.3, 0.4) is 0 Å². The van der Waals surface area contributed by atoms with Gasteiger partial charge in [-0.2, -0.15) is 0 Å². The van der Waals surface area contributed by atoms with Crippen LogP contribution in [-0.2, 0) is 4.79 Å². The van der Waals surface area contributed by atoms with Crippen LogP contribution in [0.5, 0.6) is 0 Å². The Bertz CT molecular complexity index is 295. The van der Waals surface area contributed by atoms with Crippen molar-refractivity contribution in [3.63, 3.8) is 0 Å². The van der Waals surface area contributed by atoms with Crippen LogP contribution in [0, 0.1) is 11.3 Å². The first-order valence-electron chi connectivity index (χ1n) is 6.87. The van der Waals surface area contributed by atoms with E-state index in [1.54, 1.807) is 0 Å². The van der Waals surface area contributed by atoms with Crippen molar-refractivity contribution < 1.29 is 9.90 Å². The summed E-state index contributed by atoms with van der Waals surface area (Å²) >= 11 is 0. The summed E-state index contributed by atoms with van der Waals surface area (Å²) in [6.07, 6.45) is 4.17. The Morgan fingerprint density at radius 2 is 2.00 bits per heavy atom. The molecule has 1 amide bonds. The molecule has 0 aromatic carbocycles. The van der Waals surface area contributed by atoms with Gasteiger partial charge in [0.2, 0.25) is 5.91 Å². The van der Waals surface area contributed by atoms with Crippen molar-refractivity contribution >= 4 is 5.91 Å². The number of carbonyl (C=O) groups is 1. The molecule has 98 valence electrons. The largest absolute Gasteiger partial charge is 0.393 e. The van der Waals surface area contributed by atoms with Gasteiger partial charge in [-0.25, -0.2) is 0 Å². The van der Waals surface area contributed by atoms with Crippen molar-refractivity contribution in [3.8, 4) is 0 Å². The lowest BCUT2D eigenvalue weighted by Gasteiger charge is -2.45. The van der Waals surface area contributed by atoms with Crippen LogP contribution in [0.2, 0.25) is 0 Å². The molecule has 0 aromatic heterocycles. The Morgan fingerprint density at radius 1 is 1.29 bits per heavy atom. The second kappa shape index (κ2) is 4.60. The molecule has 2 fully saturated rings. The van der Waals surface area contributed by atoms with Crippen molar-refractivity contribution in [3.05, 3.63) is 0 Å². The van der Waals surface area contributed by atoms with Gasteiger partial charge in [0.1, 0.15) is 0 Å². The summed E-state index contributed by atoms with van der Waals surface area (Å²) in [6, 6.07) is 0.258. The Kier molecular flexibility index (Phi) is 3.48. The first-order valence-corrected chi connectivity index (χ1v) is 6.87. The fourth-order valence-corrected chi connectivity index (χ4v) is 3.50. The number of likely N-dealkylation sites (tertiary alicyclic amines) is 1. The molecule has 1 saturated heterocycles. The minimum absolute atomic E-state index is 0.216. The van der Waals surface area contributed by atoms with Crippen LogP contribution < -0.4 is 0 Å². The van der Waals surface area contributed by atoms with Crippen LogP contribution in [0.1, 0.15) is 52.9 Å². The number of rotatable bonds is 1. The van der Waals surface area contributed by atoms with Crippen molar-refractivity contribution in [1.29, 1.82) is 0 Å². The van der Waals surface area contributed by atoms with E-state index in [4.69, 9.17) is 0 Å². The molecule has 17 heavy (non-hydrogen) atoms. The zero-order valence-corrected chi connectivity index (χ0v) is 11.3. The monoisotopic (exact) mass is 239 g/mol. The Labute approximate surface area is 104 Å². The predicted octanol–water partition coefficient (Wildman–Crippen LogP) is 2.18. The van der Waals surface area contributed by atoms with E-state index in [9.17, 15) is 9.90 Å². The summed E-state index contributed by atoms with van der Waals surface area (Å²) in [5.41, 5.74) is 0.216. The number of hydrogen-bond acceptors (Lipinski definition) is 2. The Morgan fingerprint density at radius 3 is 2.53 bits per heavy atom. The van der Waals surface area contributed by atoms with Crippen molar-refractivity contribution in [2.45, 2.75) is 65.0 Å². The van der Waals surface area contributed by atoms with Crippen LogP contribution in [0.4, 0.5) is 0 Å². The highest BCUT2D eigenvalue weighted by atomic mass is 16.3. The molecular formula is C14H25NO2. The zero-order valence-electron chi connectivity index (χ0n) is 11.3. The average Bonchev–Trinajstić information content (AvgIpc) is 2.62. The highest BCUT2D eigenvalue weighted by Gasteiger charge is 2.42. The number of hydrogen-bond donors (Lipinski definition) is 1. The fourth-order valence-electron chi connectivity index (χ4n) is 3.50. The molecule has 1 aliphatic heterocycles. The van der Waals surface area contributed by atoms with Gasteiger partial charge >= 0.3 is 0 Å². The third-order valence-corrected chi connectivity index (χ3v) is 4.41. The van der Waals surface area contributed by atoms with Crippen LogP contribution in [0.15, 0.2) is 0 Å². The first kappa shape index (κ1) is 12.9. The molecule has 1 N–H and O–H groups in total. The zero-order chi connectivity index (χ0) is 12.6. The summed E-state index contributed by atoms with van der Waals surface area (Å²) in [6.45, 7) is 7.65. The molecule has 3 heteroatoms. The van der Waals surface area contributed by atoms with E-state index in [1.807, 2.05) is 4.90 Å². The maximum absolute atomic E-state index is 11.9. The summed E-state index contributed by atoms with van der Waals surface area (Å²) in [5.74, 6) is 0.811. The van der Waals surface area contributed by atoms with Gasteiger partial charge in [-0.3, -0.25) is 4.79 Å². The molecule has 3 nitrogen and oxygen atoms in total. The van der Waals surface area contributed by atoms with Gasteiger partial charge in [-0.05, 0) is 37.0 Å². The van der Waals surface area contributed by atoms with Gasteiger partial charge < -0.3 is 10.0 Å². The number of aliphatic hydroxyl groups is 1. The van der Waals surface area contributed by atoms with E-state index in [1.165, 1.54) is 0 Å². The normalized spacial score (nSPS) is 35.4. The second-order valence-corrected chi connectivity index (χ2v) is 6.70. The van der Waals surface area contributed by atoms with Gasteiger partial charge in [0, 0.05) is 19.0 Å². The second-order valence-electron chi connectivity index (χ2n) is 6.70. The number of aliphatic hydroxyl groups excluding tert-OH is 1. The van der Waals surface area contributed by atoms with Crippen molar-refractivity contribution in [2.75, 3.05) is 6.54 Å². The quantitative estimate of drug-likeness (QED) is 0.762. The molecule has 2 aliphatic rings. The molecule has 3 unspecified atom stereocenters. The van der Waals surface area contributed by atoms with Gasteiger partial charge in [0.25, 0.3) is 0 Å². The van der Waals surface area contributed by atoms with Gasteiger partial charge in [0.15, 0.2) is 0 Å². The Hall–Kier alpha value is -0.570. The van der Waals surface area contributed by atoms with Crippen LogP contribution >= 0.6 is 0 Å². The van der Waals surface area contributed by atoms with Crippen molar-refractivity contribution in [1.82, 2.24) is 4.90 Å². The summed E-state index contributed by atoms with van der Waals surface area (Å²) in [5, 5.41) is 9.87. The van der Waals surface area contributed by atoms with E-state index in [0.717, 1.165) is 32.2 Å². The number of nitrogens with zero attached hydrogens (tertiary/aromatic N) is 1. The number of amides is 1. The predicted molar refractivity (Wildman–Crippen MR) is 67.5 cm³/mol. The fraction of sp³-hybridized carbons (Fsp3) is 0.929. The molecular weight excluding hydrogens is 214 g/mol. The van der Waals surface area contributed by atoms with E-state index in [0.29, 0.717) is 18.2 Å². The maximum atomic E-state index is 11.9. The molecule has 1 saturated carbocycles. The third-order valence-electron chi connectivity index (χ3n) is 4.41. The molecule has 0 radical (unpaired) electrons. The smallest absolute Gasteiger partial charge is 0.222 e. The first-order chi connectivity index (χ1) is 7.89. The Balaban J connectivity index is 2.16. The van der Waals surface area contributed by atoms with Crippen LogP contribution in [-0.4, -0.2) is 34.6 Å². The summed E-state index contributed by atoms with van der Waals surface area (Å²) < 4.78 is 0. The third kappa shape index (κ3) is 2.65. The van der Waals surface area contributed by atoms with E-state index < -0.39 is 0 Å². The molecule has 0 spiro atoms. The highest BCUT2D eigenvalue weighted by molar-refractivity contribution is 5.78. The standard InChI is InChI=1S/C14H25NO2/c1-14(2,3)11-7-6-10(16)9-12(11)15-8-4-5-13(15)17/h10-12,16H,4-9H2,1-3H3.